The van der Waals surface area contributed by atoms with Crippen molar-refractivity contribution in [2.24, 2.45) is 191 Å². The summed E-state index contributed by atoms with van der Waals surface area (Å²) >= 11 is 0. The predicted molar refractivity (Wildman–Crippen MR) is 431 cm³/mol. The van der Waals surface area contributed by atoms with Crippen LogP contribution in [0.1, 0.15) is 425 Å². The molecule has 0 heteroatoms. The van der Waals surface area contributed by atoms with E-state index >= 15 is 0 Å². The Kier molecular flexibility index (Phi) is 28.1. The molecule has 0 amide bonds. The summed E-state index contributed by atoms with van der Waals surface area (Å²) in [4.78, 5) is 0. The van der Waals surface area contributed by atoms with Crippen LogP contribution in [0, 0.1) is 191 Å². The van der Waals surface area contributed by atoms with Crippen molar-refractivity contribution in [3.8, 4) is 0 Å². The third-order valence-corrected chi connectivity index (χ3v) is 37.7. The Hall–Kier alpha value is 0. The first-order chi connectivity index (χ1) is 45.2. The first-order valence-corrected chi connectivity index (χ1v) is 45.2. The number of rotatable bonds is 11. The highest BCUT2D eigenvalue weighted by atomic mass is 14.7. The summed E-state index contributed by atoms with van der Waals surface area (Å²) in [5.74, 6) is 24.5. The van der Waals surface area contributed by atoms with E-state index in [1.54, 1.807) is 135 Å². The molecule has 19 fully saturated rings. The van der Waals surface area contributed by atoms with Crippen molar-refractivity contribution in [3.05, 3.63) is 0 Å². The minimum atomic E-state index is 0.500. The molecule has 0 saturated heterocycles. The molecule has 568 valence electrons. The molecule has 19 aliphatic rings. The maximum Gasteiger partial charge on any atom is -0.0194 e. The van der Waals surface area contributed by atoms with Gasteiger partial charge in [0.25, 0.3) is 0 Å². The molecule has 0 aliphatic heterocycles. The van der Waals surface area contributed by atoms with E-state index in [2.05, 4.69) is 194 Å². The zero-order valence-corrected chi connectivity index (χ0v) is 71.8. The lowest BCUT2D eigenvalue weighted by Gasteiger charge is -2.65. The van der Waals surface area contributed by atoms with E-state index < -0.39 is 0 Å². The van der Waals surface area contributed by atoms with E-state index in [9.17, 15) is 0 Å². The van der Waals surface area contributed by atoms with Crippen LogP contribution in [0.3, 0.4) is 0 Å². The smallest absolute Gasteiger partial charge is 0.0194 e. The zero-order valence-electron chi connectivity index (χ0n) is 71.8. The molecular formula is C97H180. The van der Waals surface area contributed by atoms with Gasteiger partial charge in [0.1, 0.15) is 0 Å². The van der Waals surface area contributed by atoms with Gasteiger partial charge in [-0.2, -0.15) is 0 Å². The number of hydrogen-bond acceptors (Lipinski definition) is 0. The van der Waals surface area contributed by atoms with Crippen LogP contribution < -0.4 is 0 Å². The molecule has 0 aromatic carbocycles. The van der Waals surface area contributed by atoms with E-state index in [0.29, 0.717) is 32.5 Å². The second kappa shape index (κ2) is 33.0. The van der Waals surface area contributed by atoms with Crippen LogP contribution in [0.5, 0.6) is 0 Å². The van der Waals surface area contributed by atoms with Gasteiger partial charge < -0.3 is 0 Å². The molecule has 0 aromatic heterocycles. The third kappa shape index (κ3) is 17.5. The van der Waals surface area contributed by atoms with Gasteiger partial charge in [0.2, 0.25) is 0 Å². The van der Waals surface area contributed by atoms with Crippen LogP contribution in [0.4, 0.5) is 0 Å². The molecule has 0 unspecified atom stereocenters. The Morgan fingerprint density at radius 1 is 0.289 bits per heavy atom. The molecule has 97 heavy (non-hydrogen) atoms. The second-order valence-electron chi connectivity index (χ2n) is 45.4. The minimum Gasteiger partial charge on any atom is -0.0648 e. The van der Waals surface area contributed by atoms with E-state index in [0.717, 1.165) is 158 Å². The summed E-state index contributed by atoms with van der Waals surface area (Å²) in [6.45, 7) is 67.7. The van der Waals surface area contributed by atoms with Gasteiger partial charge >= 0.3 is 0 Å². The molecule has 0 N–H and O–H groups in total. The SMILES string of the molecule is CC(C)C(C)(C)C.CC(C)C(C)(C)C12CC3CC(CC(C3)C1)C2.CC(C)C1(C(C)C)C2CC3CC(C2)CC1C3.CC(C)C1(C)C2CC3CC(C2)CC1C3.CC(C)C1(C)CCCC1.CC(C)C1(C)CCCCC1.CCC1(C(C)C)C2CC3CC(C2)CC1C3.CCC1(C(C)C)CCCC1. The molecule has 0 radical (unpaired) electrons. The molecule has 0 atom stereocenters. The summed E-state index contributed by atoms with van der Waals surface area (Å²) in [5.41, 5.74) is 6.03. The standard InChI is InChI=1S/2C16H28.C15H26.C14H24.2C10H20.C9H18.C7H16/c1-11(2)15(3,4)16-8-12-5-13(9-16)7-14(6-12)10-16;1-10(2)16(11(3)4)14-6-12-5-13(8-14)9-15(16)7-12;1-4-15(10(2)3)13-6-11-5-12(8-13)9-14(15)7-11;1-9(2)14(3)12-5-10-4-11(7-12)8-13(14)6-10;1-9(2)10(3)7-5-4-6-8-10;1-4-10(9(2)3)7-5-6-8-10;1-8(2)9(3)6-4-5-7-9;1-6(2)7(3,4)5/h11-14H,5-10H2,1-4H3;10-15H,5-9H2,1-4H3;10-14H,4-9H2,1-3H3;9-13H,4-8H2,1-3H3;2*9H,4-8H2,1-3H3;8H,4-7H2,1-3H3;6H,1-5H3. The van der Waals surface area contributed by atoms with E-state index in [-0.39, 0.29) is 0 Å². The normalized spacial score (nSPS) is 39.6. The van der Waals surface area contributed by atoms with E-state index in [4.69, 9.17) is 0 Å². The fourth-order valence-corrected chi connectivity index (χ4v) is 29.3. The summed E-state index contributed by atoms with van der Waals surface area (Å²) in [7, 11) is 0. The Balaban J connectivity index is 0.000000144. The maximum absolute atomic E-state index is 2.60. The maximum atomic E-state index is 2.60. The average molecular weight is 1350 g/mol. The first kappa shape index (κ1) is 82.7. The van der Waals surface area contributed by atoms with Gasteiger partial charge in [-0.1, -0.05) is 245 Å². The van der Waals surface area contributed by atoms with Crippen molar-refractivity contribution >= 4 is 0 Å². The minimum absolute atomic E-state index is 0.500. The third-order valence-electron chi connectivity index (χ3n) is 37.7. The Morgan fingerprint density at radius 2 is 0.577 bits per heavy atom. The van der Waals surface area contributed by atoms with Gasteiger partial charge in [-0.15, -0.1) is 0 Å². The van der Waals surface area contributed by atoms with Crippen LogP contribution in [0.15, 0.2) is 0 Å². The topological polar surface area (TPSA) is 0 Å². The summed E-state index contributed by atoms with van der Waals surface area (Å²) in [5, 5.41) is 0. The second-order valence-corrected chi connectivity index (χ2v) is 45.4. The van der Waals surface area contributed by atoms with E-state index in [1.807, 2.05) is 0 Å². The first-order valence-electron chi connectivity index (χ1n) is 45.2. The fourth-order valence-electron chi connectivity index (χ4n) is 29.3. The molecule has 0 aromatic rings. The van der Waals surface area contributed by atoms with Gasteiger partial charge in [-0.3, -0.25) is 0 Å². The highest BCUT2D eigenvalue weighted by Crippen LogP contribution is 2.70. The van der Waals surface area contributed by atoms with Crippen LogP contribution in [0.25, 0.3) is 0 Å². The Labute approximate surface area is 612 Å². The molecule has 19 aliphatic carbocycles. The van der Waals surface area contributed by atoms with Gasteiger partial charge in [0.05, 0.1) is 0 Å². The molecular weight excluding hydrogens is 1170 g/mol. The van der Waals surface area contributed by atoms with Crippen molar-refractivity contribution in [3.63, 3.8) is 0 Å². The highest BCUT2D eigenvalue weighted by molar-refractivity contribution is 5.11. The van der Waals surface area contributed by atoms with Crippen molar-refractivity contribution in [1.29, 1.82) is 0 Å². The van der Waals surface area contributed by atoms with Crippen LogP contribution in [0.2, 0.25) is 0 Å². The van der Waals surface area contributed by atoms with Crippen molar-refractivity contribution in [1.82, 2.24) is 0 Å². The van der Waals surface area contributed by atoms with Gasteiger partial charge in [0, 0.05) is 0 Å². The van der Waals surface area contributed by atoms with Gasteiger partial charge in [0.15, 0.2) is 0 Å². The summed E-state index contributed by atoms with van der Waals surface area (Å²) < 4.78 is 0. The summed E-state index contributed by atoms with van der Waals surface area (Å²) in [6, 6.07) is 0. The van der Waals surface area contributed by atoms with Crippen LogP contribution >= 0.6 is 0 Å². The summed E-state index contributed by atoms with van der Waals surface area (Å²) in [6.07, 6.45) is 55.0. The zero-order chi connectivity index (χ0) is 71.8. The molecule has 0 nitrogen and oxygen atoms in total. The highest BCUT2D eigenvalue weighted by Gasteiger charge is 2.62. The predicted octanol–water partition coefficient (Wildman–Crippen LogP) is 31.4. The van der Waals surface area contributed by atoms with Crippen molar-refractivity contribution < 1.29 is 0 Å². The quantitative estimate of drug-likeness (QED) is 0.193. The van der Waals surface area contributed by atoms with Gasteiger partial charge in [-0.25, -0.2) is 0 Å². The fraction of sp³-hybridized carbons (Fsp3) is 1.00. The molecule has 19 rings (SSSR count). The van der Waals surface area contributed by atoms with E-state index in [1.165, 1.54) is 96.3 Å². The Bertz CT molecular complexity index is 2180. The van der Waals surface area contributed by atoms with Crippen molar-refractivity contribution in [2.75, 3.05) is 0 Å². The molecule has 19 saturated carbocycles. The molecule has 0 spiro atoms. The van der Waals surface area contributed by atoms with Gasteiger partial charge in [-0.05, 0) is 371 Å². The van der Waals surface area contributed by atoms with Crippen LogP contribution in [-0.2, 0) is 0 Å². The lowest BCUT2D eigenvalue weighted by Crippen LogP contribution is -2.57. The molecule has 16 bridgehead atoms. The largest absolute Gasteiger partial charge is 0.0648 e. The van der Waals surface area contributed by atoms with Crippen LogP contribution in [-0.4, -0.2) is 0 Å². The Morgan fingerprint density at radius 3 is 0.804 bits per heavy atom. The lowest BCUT2D eigenvalue weighted by molar-refractivity contribution is -0.159. The average Bonchev–Trinajstić information content (AvgIpc) is 1.62. The molecule has 0 heterocycles. The monoisotopic (exact) mass is 1350 g/mol. The lowest BCUT2D eigenvalue weighted by atomic mass is 9.40. The number of hydrogen-bond donors (Lipinski definition) is 0. The van der Waals surface area contributed by atoms with Crippen molar-refractivity contribution in [2.45, 2.75) is 425 Å².